The second-order valence-corrected chi connectivity index (χ2v) is 9.09. The lowest BCUT2D eigenvalue weighted by Gasteiger charge is -2.19. The molecular weight excluding hydrogens is 346 g/mol. The van der Waals surface area contributed by atoms with E-state index >= 15 is 0 Å². The molecule has 0 unspecified atom stereocenters. The molecule has 3 nitrogen and oxygen atoms in total. The van der Waals surface area contributed by atoms with Crippen LogP contribution in [0.3, 0.4) is 0 Å². The number of hydrogen-bond acceptors (Lipinski definition) is 3. The fourth-order valence-electron chi connectivity index (χ4n) is 4.95. The molecule has 1 fully saturated rings. The maximum absolute atomic E-state index is 10.5. The lowest BCUT2D eigenvalue weighted by molar-refractivity contribution is 0.140. The molecule has 0 aliphatic heterocycles. The van der Waals surface area contributed by atoms with Crippen LogP contribution in [-0.4, -0.2) is 41.9 Å². The molecule has 0 bridgehead atoms. The van der Waals surface area contributed by atoms with Gasteiger partial charge in [0.2, 0.25) is 0 Å². The van der Waals surface area contributed by atoms with Crippen LogP contribution in [0.5, 0.6) is 0 Å². The van der Waals surface area contributed by atoms with E-state index in [0.717, 1.165) is 24.0 Å². The molecule has 2 N–H and O–H groups in total. The van der Waals surface area contributed by atoms with E-state index in [1.807, 2.05) is 37.3 Å². The first-order valence-electron chi connectivity index (χ1n) is 10.9. The molecule has 154 valence electrons. The molecule has 2 aliphatic rings. The van der Waals surface area contributed by atoms with Crippen molar-refractivity contribution < 1.29 is 10.2 Å². The van der Waals surface area contributed by atoms with Gasteiger partial charge in [-0.1, -0.05) is 60.1 Å². The number of nitrogens with zero attached hydrogens (tertiary/aromatic N) is 1. The van der Waals surface area contributed by atoms with Gasteiger partial charge in [-0.2, -0.15) is 0 Å². The van der Waals surface area contributed by atoms with E-state index in [4.69, 9.17) is 0 Å². The summed E-state index contributed by atoms with van der Waals surface area (Å²) in [6.45, 7) is 3.21. The molecule has 28 heavy (non-hydrogen) atoms. The molecule has 3 heteroatoms. The van der Waals surface area contributed by atoms with Crippen LogP contribution >= 0.6 is 0 Å². The zero-order valence-corrected chi connectivity index (χ0v) is 17.7. The third-order valence-corrected chi connectivity index (χ3v) is 6.45. The number of fused-ring (bicyclic) bond motifs is 1. The van der Waals surface area contributed by atoms with Gasteiger partial charge >= 0.3 is 0 Å². The van der Waals surface area contributed by atoms with Crippen LogP contribution in [0.2, 0.25) is 0 Å². The van der Waals surface area contributed by atoms with Crippen LogP contribution in [-0.2, 0) is 0 Å². The van der Waals surface area contributed by atoms with Gasteiger partial charge in [0.1, 0.15) is 0 Å². The maximum atomic E-state index is 10.5. The van der Waals surface area contributed by atoms with Crippen molar-refractivity contribution in [2.45, 2.75) is 57.7 Å². The molecule has 0 radical (unpaired) electrons. The Morgan fingerprint density at radius 2 is 2.04 bits per heavy atom. The number of allylic oxidation sites excluding steroid dienone is 2. The molecule has 1 aromatic carbocycles. The highest BCUT2D eigenvalue weighted by molar-refractivity contribution is 5.27. The Labute approximate surface area is 170 Å². The van der Waals surface area contributed by atoms with Gasteiger partial charge in [0.15, 0.2) is 0 Å². The lowest BCUT2D eigenvalue weighted by atomic mass is 9.88. The van der Waals surface area contributed by atoms with Crippen molar-refractivity contribution in [2.75, 3.05) is 20.6 Å². The quantitative estimate of drug-likeness (QED) is 0.482. The van der Waals surface area contributed by atoms with Crippen LogP contribution in [0.25, 0.3) is 0 Å². The minimum absolute atomic E-state index is 0.159. The Balaban J connectivity index is 1.51. The Kier molecular flexibility index (Phi) is 7.50. The fraction of sp³-hybridized carbons (Fsp3) is 0.600. The number of hydrogen-bond donors (Lipinski definition) is 2. The molecular formula is C25H37NO2. The van der Waals surface area contributed by atoms with Crippen molar-refractivity contribution >= 4 is 0 Å². The number of rotatable bonds is 9. The summed E-state index contributed by atoms with van der Waals surface area (Å²) < 4.78 is 0. The predicted molar refractivity (Wildman–Crippen MR) is 116 cm³/mol. The Morgan fingerprint density at radius 1 is 1.21 bits per heavy atom. The highest BCUT2D eigenvalue weighted by Crippen LogP contribution is 2.48. The van der Waals surface area contributed by atoms with E-state index in [0.29, 0.717) is 11.8 Å². The fourth-order valence-corrected chi connectivity index (χ4v) is 4.95. The summed E-state index contributed by atoms with van der Waals surface area (Å²) in [7, 11) is 4.27. The van der Waals surface area contributed by atoms with E-state index in [9.17, 15) is 10.2 Å². The number of benzene rings is 1. The van der Waals surface area contributed by atoms with E-state index in [-0.39, 0.29) is 12.0 Å². The molecule has 1 aromatic rings. The minimum Gasteiger partial charge on any atom is -0.392 e. The molecule has 2 aliphatic carbocycles. The van der Waals surface area contributed by atoms with E-state index in [1.165, 1.54) is 32.2 Å². The zero-order valence-electron chi connectivity index (χ0n) is 17.7. The van der Waals surface area contributed by atoms with Gasteiger partial charge in [-0.15, -0.1) is 0 Å². The Morgan fingerprint density at radius 3 is 2.79 bits per heavy atom. The Hall–Kier alpha value is -1.42. The first-order valence-corrected chi connectivity index (χ1v) is 10.9. The minimum atomic E-state index is -0.600. The predicted octanol–water partition coefficient (Wildman–Crippen LogP) is 4.65. The smallest absolute Gasteiger partial charge is 0.0972 e. The summed E-state index contributed by atoms with van der Waals surface area (Å²) in [4.78, 5) is 2.25. The normalized spacial score (nSPS) is 28.1. The zero-order chi connectivity index (χ0) is 20.1. The largest absolute Gasteiger partial charge is 0.392 e. The van der Waals surface area contributed by atoms with Gasteiger partial charge in [0.25, 0.3) is 0 Å². The van der Waals surface area contributed by atoms with Crippen LogP contribution in [0.1, 0.15) is 55.8 Å². The van der Waals surface area contributed by atoms with Crippen LogP contribution in [0, 0.1) is 24.7 Å². The first-order chi connectivity index (χ1) is 13.4. The summed E-state index contributed by atoms with van der Waals surface area (Å²) in [6.07, 6.45) is 12.5. The summed E-state index contributed by atoms with van der Waals surface area (Å²) in [6, 6.07) is 8.00. The van der Waals surface area contributed by atoms with E-state index in [1.54, 1.807) is 5.57 Å². The summed E-state index contributed by atoms with van der Waals surface area (Å²) in [5.74, 6) is 1.18. The van der Waals surface area contributed by atoms with Crippen LogP contribution < -0.4 is 0 Å². The molecule has 5 atom stereocenters. The number of aliphatic hydroxyl groups excluding tert-OH is 2. The topological polar surface area (TPSA) is 43.7 Å². The summed E-state index contributed by atoms with van der Waals surface area (Å²) >= 11 is 0. The second kappa shape index (κ2) is 9.87. The molecule has 3 rings (SSSR count). The monoisotopic (exact) mass is 383 g/mol. The van der Waals surface area contributed by atoms with Crippen molar-refractivity contribution in [1.82, 2.24) is 4.90 Å². The SMILES string of the molecule is Cc1cccc([C@H](O)C=C[C@@H]2[C@H]3CC(CCCCCN(C)C)=C[C@H]3C[C@H]2O)c1. The van der Waals surface area contributed by atoms with Gasteiger partial charge in [0.05, 0.1) is 12.2 Å². The van der Waals surface area contributed by atoms with Crippen molar-refractivity contribution in [3.63, 3.8) is 0 Å². The van der Waals surface area contributed by atoms with Crippen molar-refractivity contribution in [3.05, 3.63) is 59.2 Å². The molecule has 0 heterocycles. The van der Waals surface area contributed by atoms with Crippen LogP contribution in [0.4, 0.5) is 0 Å². The summed E-state index contributed by atoms with van der Waals surface area (Å²) in [5.41, 5.74) is 3.66. The van der Waals surface area contributed by atoms with E-state index < -0.39 is 6.10 Å². The average molecular weight is 384 g/mol. The van der Waals surface area contributed by atoms with Gasteiger partial charge in [-0.25, -0.2) is 0 Å². The lowest BCUT2D eigenvalue weighted by Crippen LogP contribution is -2.17. The third kappa shape index (κ3) is 5.56. The Bertz CT molecular complexity index is 694. The number of unbranched alkanes of at least 4 members (excludes halogenated alkanes) is 2. The van der Waals surface area contributed by atoms with Gasteiger partial charge in [-0.05, 0) is 77.1 Å². The van der Waals surface area contributed by atoms with Crippen LogP contribution in [0.15, 0.2) is 48.1 Å². The molecule has 0 saturated heterocycles. The molecule has 1 saturated carbocycles. The van der Waals surface area contributed by atoms with Crippen molar-refractivity contribution in [3.8, 4) is 0 Å². The van der Waals surface area contributed by atoms with Gasteiger partial charge in [-0.3, -0.25) is 0 Å². The third-order valence-electron chi connectivity index (χ3n) is 6.45. The highest BCUT2D eigenvalue weighted by Gasteiger charge is 2.43. The van der Waals surface area contributed by atoms with E-state index in [2.05, 4.69) is 31.1 Å². The molecule has 0 aromatic heterocycles. The first kappa shape index (κ1) is 21.3. The van der Waals surface area contributed by atoms with Crippen molar-refractivity contribution in [2.24, 2.45) is 17.8 Å². The second-order valence-electron chi connectivity index (χ2n) is 9.09. The van der Waals surface area contributed by atoms with Gasteiger partial charge in [0, 0.05) is 5.92 Å². The highest BCUT2D eigenvalue weighted by atomic mass is 16.3. The number of aliphatic hydroxyl groups is 2. The summed E-state index contributed by atoms with van der Waals surface area (Å²) in [5, 5.41) is 21.0. The standard InChI is InChI=1S/C25H37NO2/c1-18-8-7-10-20(14-18)24(27)12-11-22-23-16-19(15-21(23)17-25(22)28)9-5-4-6-13-26(2)3/h7-8,10-12,14-15,21-25,27-28H,4-6,9,13,16-17H2,1-3H3/t21-,22+,23-,24+,25+/m0/s1. The number of aryl methyl sites for hydroxylation is 1. The van der Waals surface area contributed by atoms with Crippen molar-refractivity contribution in [1.29, 1.82) is 0 Å². The molecule has 0 spiro atoms. The average Bonchev–Trinajstić information content (AvgIpc) is 3.15. The maximum Gasteiger partial charge on any atom is 0.0972 e. The van der Waals surface area contributed by atoms with Gasteiger partial charge < -0.3 is 15.1 Å². The molecule has 0 amide bonds.